The second kappa shape index (κ2) is 6.17. The number of hydrogen-bond donors (Lipinski definition) is 0. The van der Waals surface area contributed by atoms with Crippen molar-refractivity contribution in [1.82, 2.24) is 0 Å². The zero-order chi connectivity index (χ0) is 9.84. The van der Waals surface area contributed by atoms with Crippen LogP contribution in [0.3, 0.4) is 0 Å². The molecule has 1 aromatic rings. The minimum absolute atomic E-state index is 0. The van der Waals surface area contributed by atoms with E-state index in [9.17, 15) is 8.76 Å². The van der Waals surface area contributed by atoms with Crippen LogP contribution in [0.2, 0.25) is 0 Å². The monoisotopic (exact) mass is 219 g/mol. The van der Waals surface area contributed by atoms with Crippen LogP contribution in [0.25, 0.3) is 0 Å². The smallest absolute Gasteiger partial charge is 0.768 e. The molecule has 0 saturated heterocycles. The number of methoxy groups -OCH3 is 1. The average molecular weight is 219 g/mol. The predicted octanol–water partition coefficient (Wildman–Crippen LogP) is -2.19. The summed E-state index contributed by atoms with van der Waals surface area (Å²) in [6, 6.07) is 6.02. The summed E-state index contributed by atoms with van der Waals surface area (Å²) < 4.78 is 26.0. The molecule has 0 bridgehead atoms. The second-order valence-corrected chi connectivity index (χ2v) is 3.12. The van der Waals surface area contributed by atoms with Crippen LogP contribution in [0.1, 0.15) is 5.56 Å². The first-order chi connectivity index (χ1) is 6.19. The number of hydrogen-bond acceptors (Lipinski definition) is 4. The Morgan fingerprint density at radius 1 is 1.57 bits per heavy atom. The maximum absolute atomic E-state index is 10.6. The van der Waals surface area contributed by atoms with Crippen molar-refractivity contribution in [2.45, 2.75) is 4.90 Å². The molecule has 14 heavy (non-hydrogen) atoms. The molecule has 68 valence electrons. The zero-order valence-corrected chi connectivity index (χ0v) is 10.6. The van der Waals surface area contributed by atoms with Crippen LogP contribution >= 0.6 is 0 Å². The molecule has 0 amide bonds. The van der Waals surface area contributed by atoms with Gasteiger partial charge in [0, 0.05) is 0 Å². The van der Waals surface area contributed by atoms with E-state index in [0.29, 0.717) is 5.56 Å². The van der Waals surface area contributed by atoms with Crippen LogP contribution in [-0.4, -0.2) is 15.9 Å². The van der Waals surface area contributed by atoms with Gasteiger partial charge in [0.2, 0.25) is 0 Å². The molecule has 0 heterocycles. The van der Waals surface area contributed by atoms with Crippen LogP contribution in [0, 0.1) is 11.3 Å². The molecule has 0 aliphatic rings. The Morgan fingerprint density at radius 3 is 2.64 bits per heavy atom. The van der Waals surface area contributed by atoms with E-state index in [2.05, 4.69) is 0 Å². The van der Waals surface area contributed by atoms with Gasteiger partial charge in [0.25, 0.3) is 0 Å². The summed E-state index contributed by atoms with van der Waals surface area (Å²) in [7, 11) is 1.35. The Hall–Kier alpha value is -0.380. The van der Waals surface area contributed by atoms with E-state index >= 15 is 0 Å². The van der Waals surface area contributed by atoms with Gasteiger partial charge in [-0.05, 0) is 29.3 Å². The third-order valence-corrected chi connectivity index (χ3v) is 2.17. The molecule has 0 aliphatic heterocycles. The Labute approximate surface area is 106 Å². The molecule has 0 spiro atoms. The quantitative estimate of drug-likeness (QED) is 0.418. The summed E-state index contributed by atoms with van der Waals surface area (Å²) in [5, 5.41) is 8.53. The van der Waals surface area contributed by atoms with E-state index < -0.39 is 11.1 Å². The first-order valence-corrected chi connectivity index (χ1v) is 4.44. The van der Waals surface area contributed by atoms with Crippen LogP contribution in [0.15, 0.2) is 23.1 Å². The van der Waals surface area contributed by atoms with E-state index in [1.165, 1.54) is 25.3 Å². The second-order valence-electron chi connectivity index (χ2n) is 2.21. The summed E-state index contributed by atoms with van der Waals surface area (Å²) in [4.78, 5) is 0.0569. The standard InChI is InChI=1S/C8H7NO3S.Na/c1-12-7-4-6(5-9)2-3-8(7)13(10)11;/h2-4H,1H3,(H,10,11);/q;+1/p-1. The molecule has 1 atom stereocenters. The molecule has 1 rings (SSSR count). The zero-order valence-electron chi connectivity index (χ0n) is 7.81. The van der Waals surface area contributed by atoms with Crippen molar-refractivity contribution in [3.63, 3.8) is 0 Å². The van der Waals surface area contributed by atoms with E-state index in [4.69, 9.17) is 10.00 Å². The molecule has 0 radical (unpaired) electrons. The van der Waals surface area contributed by atoms with Gasteiger partial charge in [0.15, 0.2) is 0 Å². The van der Waals surface area contributed by atoms with Crippen molar-refractivity contribution >= 4 is 11.1 Å². The van der Waals surface area contributed by atoms with E-state index in [0.717, 1.165) is 0 Å². The van der Waals surface area contributed by atoms with E-state index in [1.54, 1.807) is 0 Å². The summed E-state index contributed by atoms with van der Waals surface area (Å²) >= 11 is -2.34. The van der Waals surface area contributed by atoms with Crippen LogP contribution in [-0.2, 0) is 11.1 Å². The van der Waals surface area contributed by atoms with Gasteiger partial charge in [-0.1, -0.05) is 0 Å². The number of ether oxygens (including phenoxy) is 1. The van der Waals surface area contributed by atoms with Gasteiger partial charge in [-0.25, -0.2) is 0 Å². The van der Waals surface area contributed by atoms with Gasteiger partial charge in [-0.15, -0.1) is 0 Å². The Kier molecular flexibility index (Phi) is 6.00. The fourth-order valence-corrected chi connectivity index (χ4v) is 1.36. The van der Waals surface area contributed by atoms with Gasteiger partial charge in [0.05, 0.1) is 23.6 Å². The molecule has 4 nitrogen and oxygen atoms in total. The molecular formula is C8H6NNaO3S. The summed E-state index contributed by atoms with van der Waals surface area (Å²) in [5.74, 6) is 0.187. The Morgan fingerprint density at radius 2 is 2.21 bits per heavy atom. The van der Waals surface area contributed by atoms with Crippen LogP contribution in [0.4, 0.5) is 0 Å². The number of rotatable bonds is 2. The number of benzene rings is 1. The van der Waals surface area contributed by atoms with Gasteiger partial charge in [-0.2, -0.15) is 5.26 Å². The van der Waals surface area contributed by atoms with Crippen molar-refractivity contribution in [3.05, 3.63) is 23.8 Å². The summed E-state index contributed by atoms with van der Waals surface area (Å²) in [6.07, 6.45) is 0. The van der Waals surface area contributed by atoms with Crippen molar-refractivity contribution in [2.24, 2.45) is 0 Å². The maximum atomic E-state index is 10.6. The third kappa shape index (κ3) is 3.08. The Bertz CT molecular complexity index is 389. The maximum Gasteiger partial charge on any atom is 1.00 e. The van der Waals surface area contributed by atoms with E-state index in [1.807, 2.05) is 6.07 Å². The summed E-state index contributed by atoms with van der Waals surface area (Å²) in [6.45, 7) is 0. The molecule has 0 saturated carbocycles. The molecule has 0 aliphatic carbocycles. The molecular weight excluding hydrogens is 213 g/mol. The van der Waals surface area contributed by atoms with E-state index in [-0.39, 0.29) is 40.2 Å². The van der Waals surface area contributed by atoms with Gasteiger partial charge >= 0.3 is 29.6 Å². The third-order valence-electron chi connectivity index (χ3n) is 1.47. The molecule has 0 N–H and O–H groups in total. The first-order valence-electron chi connectivity index (χ1n) is 3.36. The Balaban J connectivity index is 0.00000169. The largest absolute Gasteiger partial charge is 1.00 e. The topological polar surface area (TPSA) is 73.1 Å². The average Bonchev–Trinajstić information content (AvgIpc) is 2.16. The van der Waals surface area contributed by atoms with Crippen molar-refractivity contribution < 1.29 is 43.1 Å². The molecule has 1 unspecified atom stereocenters. The van der Waals surface area contributed by atoms with Crippen molar-refractivity contribution in [2.75, 3.05) is 7.11 Å². The minimum Gasteiger partial charge on any atom is -0.768 e. The molecule has 6 heteroatoms. The van der Waals surface area contributed by atoms with Crippen molar-refractivity contribution in [1.29, 1.82) is 5.26 Å². The molecule has 0 fully saturated rings. The van der Waals surface area contributed by atoms with Crippen LogP contribution in [0.5, 0.6) is 5.75 Å². The fraction of sp³-hybridized carbons (Fsp3) is 0.125. The first kappa shape index (κ1) is 13.6. The van der Waals surface area contributed by atoms with Crippen LogP contribution < -0.4 is 34.3 Å². The normalized spacial score (nSPS) is 10.9. The van der Waals surface area contributed by atoms with Gasteiger partial charge in [-0.3, -0.25) is 4.21 Å². The van der Waals surface area contributed by atoms with Gasteiger partial charge < -0.3 is 9.29 Å². The predicted molar refractivity (Wildman–Crippen MR) is 44.9 cm³/mol. The minimum atomic E-state index is -2.34. The number of nitriles is 1. The van der Waals surface area contributed by atoms with Gasteiger partial charge in [0.1, 0.15) is 5.75 Å². The SMILES string of the molecule is COc1cc(C#N)ccc1S(=O)[O-].[Na+]. The van der Waals surface area contributed by atoms with Crippen molar-refractivity contribution in [3.8, 4) is 11.8 Å². The molecule has 0 aromatic heterocycles. The summed E-state index contributed by atoms with van der Waals surface area (Å²) in [5.41, 5.74) is 0.367. The number of nitrogens with zero attached hydrogens (tertiary/aromatic N) is 1. The fourth-order valence-electron chi connectivity index (χ4n) is 0.875. The molecule has 1 aromatic carbocycles.